The molecular formula is C14H18ClN3. The van der Waals surface area contributed by atoms with Crippen LogP contribution in [0.2, 0.25) is 5.02 Å². The van der Waals surface area contributed by atoms with Crippen molar-refractivity contribution >= 4 is 11.6 Å². The number of aryl methyl sites for hydroxylation is 1. The summed E-state index contributed by atoms with van der Waals surface area (Å²) in [6.45, 7) is 6.73. The molecule has 0 atom stereocenters. The van der Waals surface area contributed by atoms with Crippen molar-refractivity contribution < 1.29 is 0 Å². The predicted molar refractivity (Wildman–Crippen MR) is 75.3 cm³/mol. The molecule has 0 saturated carbocycles. The quantitative estimate of drug-likeness (QED) is 0.922. The Morgan fingerprint density at radius 2 is 2.06 bits per heavy atom. The number of hydrogen-bond donors (Lipinski definition) is 1. The van der Waals surface area contributed by atoms with Gasteiger partial charge < -0.3 is 5.73 Å². The average molecular weight is 264 g/mol. The molecule has 4 heteroatoms. The van der Waals surface area contributed by atoms with Crippen molar-refractivity contribution in [2.45, 2.75) is 33.2 Å². The second kappa shape index (κ2) is 5.12. The summed E-state index contributed by atoms with van der Waals surface area (Å²) >= 11 is 6.17. The molecule has 0 aliphatic carbocycles. The van der Waals surface area contributed by atoms with Gasteiger partial charge in [-0.1, -0.05) is 31.5 Å². The highest BCUT2D eigenvalue weighted by Crippen LogP contribution is 2.24. The Morgan fingerprint density at radius 3 is 2.61 bits per heavy atom. The minimum absolute atomic E-state index is 0.387. The van der Waals surface area contributed by atoms with E-state index in [1.807, 2.05) is 29.8 Å². The van der Waals surface area contributed by atoms with Gasteiger partial charge in [0.05, 0.1) is 11.4 Å². The van der Waals surface area contributed by atoms with Crippen molar-refractivity contribution in [2.24, 2.45) is 5.73 Å². The number of halogens is 1. The Hall–Kier alpha value is -1.32. The van der Waals surface area contributed by atoms with E-state index >= 15 is 0 Å². The van der Waals surface area contributed by atoms with Crippen LogP contribution in [0.1, 0.15) is 36.7 Å². The summed E-state index contributed by atoms with van der Waals surface area (Å²) in [5.41, 5.74) is 9.76. The van der Waals surface area contributed by atoms with Gasteiger partial charge >= 0.3 is 0 Å². The fraction of sp³-hybridized carbons (Fsp3) is 0.357. The van der Waals surface area contributed by atoms with Crippen molar-refractivity contribution in [1.82, 2.24) is 9.78 Å². The van der Waals surface area contributed by atoms with Gasteiger partial charge in [0.1, 0.15) is 0 Å². The van der Waals surface area contributed by atoms with Crippen molar-refractivity contribution in [3.63, 3.8) is 0 Å². The lowest BCUT2D eigenvalue weighted by Gasteiger charge is -2.11. The third-order valence-electron chi connectivity index (χ3n) is 2.99. The van der Waals surface area contributed by atoms with E-state index in [0.29, 0.717) is 12.5 Å². The van der Waals surface area contributed by atoms with Gasteiger partial charge in [0.15, 0.2) is 0 Å². The van der Waals surface area contributed by atoms with Crippen molar-refractivity contribution in [3.05, 3.63) is 46.2 Å². The summed E-state index contributed by atoms with van der Waals surface area (Å²) in [6, 6.07) is 8.03. The second-order valence-electron chi connectivity index (χ2n) is 4.76. The highest BCUT2D eigenvalue weighted by atomic mass is 35.5. The summed E-state index contributed by atoms with van der Waals surface area (Å²) in [7, 11) is 0. The normalized spacial score (nSPS) is 11.2. The predicted octanol–water partition coefficient (Wildman–Crippen LogP) is 3.42. The van der Waals surface area contributed by atoms with Crippen LogP contribution in [0.4, 0.5) is 0 Å². The van der Waals surface area contributed by atoms with Crippen LogP contribution in [0, 0.1) is 6.92 Å². The first-order chi connectivity index (χ1) is 8.52. The Morgan fingerprint density at radius 1 is 1.33 bits per heavy atom. The van der Waals surface area contributed by atoms with E-state index in [4.69, 9.17) is 17.3 Å². The van der Waals surface area contributed by atoms with Crippen LogP contribution in [0.25, 0.3) is 5.69 Å². The number of nitrogens with two attached hydrogens (primary N) is 1. The number of nitrogens with zero attached hydrogens (tertiary/aromatic N) is 2. The van der Waals surface area contributed by atoms with E-state index in [-0.39, 0.29) is 0 Å². The van der Waals surface area contributed by atoms with E-state index in [0.717, 1.165) is 27.7 Å². The Kier molecular flexibility index (Phi) is 3.73. The lowest BCUT2D eigenvalue weighted by molar-refractivity contribution is 0.727. The topological polar surface area (TPSA) is 43.8 Å². The van der Waals surface area contributed by atoms with Crippen LogP contribution in [-0.2, 0) is 6.54 Å². The lowest BCUT2D eigenvalue weighted by atomic mass is 10.1. The van der Waals surface area contributed by atoms with E-state index < -0.39 is 0 Å². The minimum Gasteiger partial charge on any atom is -0.325 e. The number of rotatable bonds is 3. The molecule has 1 heterocycles. The van der Waals surface area contributed by atoms with Crippen molar-refractivity contribution in [2.75, 3.05) is 0 Å². The van der Waals surface area contributed by atoms with Crippen LogP contribution in [-0.4, -0.2) is 9.78 Å². The summed E-state index contributed by atoms with van der Waals surface area (Å²) in [4.78, 5) is 0. The summed E-state index contributed by atoms with van der Waals surface area (Å²) in [5.74, 6) is 0.387. The largest absolute Gasteiger partial charge is 0.325 e. The highest BCUT2D eigenvalue weighted by molar-refractivity contribution is 6.31. The lowest BCUT2D eigenvalue weighted by Crippen LogP contribution is -2.04. The molecule has 0 amide bonds. The third-order valence-corrected chi connectivity index (χ3v) is 3.40. The zero-order valence-electron chi connectivity index (χ0n) is 10.9. The molecule has 0 bridgehead atoms. The van der Waals surface area contributed by atoms with Gasteiger partial charge in [-0.05, 0) is 36.6 Å². The molecule has 0 aliphatic heterocycles. The van der Waals surface area contributed by atoms with Gasteiger partial charge in [0, 0.05) is 17.3 Å². The van der Waals surface area contributed by atoms with Gasteiger partial charge in [0.25, 0.3) is 0 Å². The fourth-order valence-electron chi connectivity index (χ4n) is 1.88. The van der Waals surface area contributed by atoms with Gasteiger partial charge in [-0.3, -0.25) is 0 Å². The van der Waals surface area contributed by atoms with Crippen LogP contribution in [0.5, 0.6) is 0 Å². The first-order valence-electron chi connectivity index (χ1n) is 6.08. The molecule has 1 aromatic carbocycles. The third kappa shape index (κ3) is 2.42. The maximum Gasteiger partial charge on any atom is 0.0767 e. The number of aromatic nitrogens is 2. The Labute approximate surface area is 113 Å². The van der Waals surface area contributed by atoms with E-state index in [9.17, 15) is 0 Å². The SMILES string of the molecule is Cc1ccc(-n2nc(CN)cc2C(C)C)cc1Cl. The summed E-state index contributed by atoms with van der Waals surface area (Å²) in [5, 5.41) is 5.28. The Balaban J connectivity index is 2.54. The number of benzene rings is 1. The van der Waals surface area contributed by atoms with E-state index in [2.05, 4.69) is 25.0 Å². The molecular weight excluding hydrogens is 246 g/mol. The monoisotopic (exact) mass is 263 g/mol. The number of hydrogen-bond acceptors (Lipinski definition) is 2. The molecule has 2 N–H and O–H groups in total. The molecule has 0 radical (unpaired) electrons. The molecule has 18 heavy (non-hydrogen) atoms. The molecule has 0 unspecified atom stereocenters. The summed E-state index contributed by atoms with van der Waals surface area (Å²) < 4.78 is 1.93. The zero-order valence-corrected chi connectivity index (χ0v) is 11.7. The molecule has 96 valence electrons. The molecule has 2 aromatic rings. The zero-order chi connectivity index (χ0) is 13.3. The summed E-state index contributed by atoms with van der Waals surface area (Å²) in [6.07, 6.45) is 0. The van der Waals surface area contributed by atoms with E-state index in [1.165, 1.54) is 0 Å². The van der Waals surface area contributed by atoms with Crippen LogP contribution < -0.4 is 5.73 Å². The van der Waals surface area contributed by atoms with Crippen LogP contribution in [0.3, 0.4) is 0 Å². The minimum atomic E-state index is 0.387. The fourth-order valence-corrected chi connectivity index (χ4v) is 2.05. The molecule has 0 fully saturated rings. The van der Waals surface area contributed by atoms with Gasteiger partial charge in [-0.2, -0.15) is 5.10 Å². The Bertz CT molecular complexity index is 558. The van der Waals surface area contributed by atoms with Gasteiger partial charge in [-0.15, -0.1) is 0 Å². The molecule has 0 saturated heterocycles. The van der Waals surface area contributed by atoms with Gasteiger partial charge in [-0.25, -0.2) is 4.68 Å². The molecule has 3 nitrogen and oxygen atoms in total. The molecule has 0 spiro atoms. The first kappa shape index (κ1) is 13.1. The smallest absolute Gasteiger partial charge is 0.0767 e. The second-order valence-corrected chi connectivity index (χ2v) is 5.17. The first-order valence-corrected chi connectivity index (χ1v) is 6.46. The van der Waals surface area contributed by atoms with Crippen LogP contribution in [0.15, 0.2) is 24.3 Å². The average Bonchev–Trinajstić information content (AvgIpc) is 2.77. The highest BCUT2D eigenvalue weighted by Gasteiger charge is 2.12. The molecule has 1 aromatic heterocycles. The van der Waals surface area contributed by atoms with E-state index in [1.54, 1.807) is 0 Å². The maximum absolute atomic E-state index is 6.17. The van der Waals surface area contributed by atoms with Gasteiger partial charge in [0.2, 0.25) is 0 Å². The molecule has 2 rings (SSSR count). The standard InChI is InChI=1S/C14H18ClN3/c1-9(2)14-6-11(8-16)17-18(14)12-5-4-10(3)13(15)7-12/h4-7,9H,8,16H2,1-3H3. The maximum atomic E-state index is 6.17. The van der Waals surface area contributed by atoms with Crippen molar-refractivity contribution in [1.29, 1.82) is 0 Å². The van der Waals surface area contributed by atoms with Crippen LogP contribution >= 0.6 is 11.6 Å². The molecule has 0 aliphatic rings. The van der Waals surface area contributed by atoms with Crippen molar-refractivity contribution in [3.8, 4) is 5.69 Å².